The molecule has 3 heterocycles. The molecule has 19 heavy (non-hydrogen) atoms. The van der Waals surface area contributed by atoms with Crippen LogP contribution in [0.3, 0.4) is 0 Å². The normalized spacial score (nSPS) is 19.3. The summed E-state index contributed by atoms with van der Waals surface area (Å²) in [4.78, 5) is 32.3. The second kappa shape index (κ2) is 4.26. The Kier molecular flexibility index (Phi) is 2.70. The SMILES string of the molecule is O=C(O)C1CC(=O)N(c2ncnc3n[nH]c(Br)c23)C1. The molecule has 2 aromatic heterocycles. The van der Waals surface area contributed by atoms with Gasteiger partial charge in [0.15, 0.2) is 11.5 Å². The van der Waals surface area contributed by atoms with Crippen LogP contribution in [0.15, 0.2) is 10.9 Å². The summed E-state index contributed by atoms with van der Waals surface area (Å²) in [7, 11) is 0. The molecule has 1 aliphatic rings. The standard InChI is InChI=1S/C10H8BrN5O3/c11-7-6-8(15-14-7)12-3-13-9(6)16-2-4(10(18)19)1-5(16)17/h3-4H,1-2H2,(H,18,19)(H,12,13,14,15). The number of anilines is 1. The summed E-state index contributed by atoms with van der Waals surface area (Å²) in [6.45, 7) is 0.109. The number of nitrogens with one attached hydrogen (secondary N) is 1. The van der Waals surface area contributed by atoms with Crippen molar-refractivity contribution in [2.45, 2.75) is 6.42 Å². The number of rotatable bonds is 2. The van der Waals surface area contributed by atoms with Crippen LogP contribution in [0, 0.1) is 5.92 Å². The van der Waals surface area contributed by atoms with Crippen molar-refractivity contribution in [2.75, 3.05) is 11.4 Å². The van der Waals surface area contributed by atoms with Gasteiger partial charge in [0.25, 0.3) is 0 Å². The highest BCUT2D eigenvalue weighted by molar-refractivity contribution is 9.10. The highest BCUT2D eigenvalue weighted by atomic mass is 79.9. The van der Waals surface area contributed by atoms with E-state index in [1.54, 1.807) is 0 Å². The first-order valence-corrected chi connectivity index (χ1v) is 6.25. The van der Waals surface area contributed by atoms with E-state index in [0.29, 0.717) is 21.5 Å². The van der Waals surface area contributed by atoms with Crippen LogP contribution >= 0.6 is 15.9 Å². The number of carbonyl (C=O) groups is 2. The fourth-order valence-corrected chi connectivity index (χ4v) is 2.53. The van der Waals surface area contributed by atoms with Gasteiger partial charge in [-0.05, 0) is 15.9 Å². The van der Waals surface area contributed by atoms with Gasteiger partial charge in [0.05, 0.1) is 11.3 Å². The molecule has 0 spiro atoms. The molecular weight excluding hydrogens is 318 g/mol. The van der Waals surface area contributed by atoms with E-state index in [9.17, 15) is 9.59 Å². The molecule has 0 bridgehead atoms. The summed E-state index contributed by atoms with van der Waals surface area (Å²) in [6.07, 6.45) is 1.28. The molecule has 0 aliphatic carbocycles. The van der Waals surface area contributed by atoms with Gasteiger partial charge in [-0.15, -0.1) is 0 Å². The first-order valence-electron chi connectivity index (χ1n) is 5.45. The van der Waals surface area contributed by atoms with Crippen LogP contribution in [-0.4, -0.2) is 43.7 Å². The molecule has 2 aromatic rings. The molecule has 1 aliphatic heterocycles. The van der Waals surface area contributed by atoms with Gasteiger partial charge in [0.1, 0.15) is 10.9 Å². The van der Waals surface area contributed by atoms with Gasteiger partial charge in [-0.1, -0.05) is 0 Å². The van der Waals surface area contributed by atoms with E-state index in [0.717, 1.165) is 0 Å². The molecule has 8 nitrogen and oxygen atoms in total. The highest BCUT2D eigenvalue weighted by Crippen LogP contribution is 2.32. The third-order valence-electron chi connectivity index (χ3n) is 3.02. The number of aromatic nitrogens is 4. The van der Waals surface area contributed by atoms with Gasteiger partial charge in [0.2, 0.25) is 5.91 Å². The number of nitrogens with zero attached hydrogens (tertiary/aromatic N) is 4. The van der Waals surface area contributed by atoms with Crippen LogP contribution in [0.1, 0.15) is 6.42 Å². The number of hydrogen-bond acceptors (Lipinski definition) is 5. The van der Waals surface area contributed by atoms with E-state index in [2.05, 4.69) is 36.1 Å². The van der Waals surface area contributed by atoms with Crippen LogP contribution in [0.25, 0.3) is 11.0 Å². The van der Waals surface area contributed by atoms with Crippen molar-refractivity contribution < 1.29 is 14.7 Å². The number of carboxylic acid groups (broad SMARTS) is 1. The van der Waals surface area contributed by atoms with Crippen molar-refractivity contribution >= 4 is 44.7 Å². The van der Waals surface area contributed by atoms with E-state index in [-0.39, 0.29) is 18.9 Å². The van der Waals surface area contributed by atoms with Crippen molar-refractivity contribution in [3.63, 3.8) is 0 Å². The lowest BCUT2D eigenvalue weighted by atomic mass is 10.1. The maximum absolute atomic E-state index is 11.9. The molecule has 1 unspecified atom stereocenters. The maximum atomic E-state index is 11.9. The van der Waals surface area contributed by atoms with Gasteiger partial charge in [0, 0.05) is 13.0 Å². The second-order valence-electron chi connectivity index (χ2n) is 4.18. The summed E-state index contributed by atoms with van der Waals surface area (Å²) in [5, 5.41) is 16.2. The summed E-state index contributed by atoms with van der Waals surface area (Å²) in [5.41, 5.74) is 0.420. The largest absolute Gasteiger partial charge is 0.481 e. The summed E-state index contributed by atoms with van der Waals surface area (Å²) < 4.78 is 0.560. The molecule has 1 atom stereocenters. The third-order valence-corrected chi connectivity index (χ3v) is 3.59. The lowest BCUT2D eigenvalue weighted by molar-refractivity contribution is -0.141. The summed E-state index contributed by atoms with van der Waals surface area (Å²) in [6, 6.07) is 0. The average Bonchev–Trinajstić information content (AvgIpc) is 2.94. The lowest BCUT2D eigenvalue weighted by Crippen LogP contribution is -2.27. The van der Waals surface area contributed by atoms with Crippen molar-refractivity contribution in [3.8, 4) is 0 Å². The minimum absolute atomic E-state index is 0.0176. The van der Waals surface area contributed by atoms with E-state index in [1.165, 1.54) is 11.2 Å². The zero-order valence-corrected chi connectivity index (χ0v) is 11.1. The molecule has 1 saturated heterocycles. The Morgan fingerprint density at radius 3 is 3.00 bits per heavy atom. The van der Waals surface area contributed by atoms with Crippen LogP contribution in [0.2, 0.25) is 0 Å². The minimum atomic E-state index is -0.979. The molecule has 3 rings (SSSR count). The Hall–Kier alpha value is -2.03. The number of amides is 1. The molecule has 9 heteroatoms. The van der Waals surface area contributed by atoms with Gasteiger partial charge in [-0.2, -0.15) is 5.10 Å². The predicted octanol–water partition coefficient (Wildman–Crippen LogP) is 0.553. The molecular formula is C10H8BrN5O3. The fourth-order valence-electron chi connectivity index (χ4n) is 2.09. The predicted molar refractivity (Wildman–Crippen MR) is 67.5 cm³/mol. The number of H-pyrrole nitrogens is 1. The van der Waals surface area contributed by atoms with E-state index >= 15 is 0 Å². The van der Waals surface area contributed by atoms with Gasteiger partial charge in [-0.3, -0.25) is 19.6 Å². The van der Waals surface area contributed by atoms with Crippen LogP contribution < -0.4 is 4.90 Å². The molecule has 0 radical (unpaired) electrons. The Bertz CT molecular complexity index is 685. The number of halogens is 1. The number of aromatic amines is 1. The zero-order chi connectivity index (χ0) is 13.6. The Morgan fingerprint density at radius 1 is 1.53 bits per heavy atom. The number of fused-ring (bicyclic) bond motifs is 1. The molecule has 0 saturated carbocycles. The molecule has 1 fully saturated rings. The number of hydrogen-bond donors (Lipinski definition) is 2. The molecule has 98 valence electrons. The van der Waals surface area contributed by atoms with Gasteiger partial charge < -0.3 is 5.11 Å². The van der Waals surface area contributed by atoms with Crippen molar-refractivity contribution in [1.82, 2.24) is 20.2 Å². The number of carbonyl (C=O) groups excluding carboxylic acids is 1. The lowest BCUT2D eigenvalue weighted by Gasteiger charge is -2.15. The molecule has 0 aromatic carbocycles. The molecule has 1 amide bonds. The average molecular weight is 326 g/mol. The maximum Gasteiger partial charge on any atom is 0.308 e. The zero-order valence-electron chi connectivity index (χ0n) is 9.50. The van der Waals surface area contributed by atoms with Crippen LogP contribution in [0.5, 0.6) is 0 Å². The number of aliphatic carboxylic acids is 1. The van der Waals surface area contributed by atoms with Crippen molar-refractivity contribution in [3.05, 3.63) is 10.9 Å². The fraction of sp³-hybridized carbons (Fsp3) is 0.300. The number of carboxylic acids is 1. The smallest absolute Gasteiger partial charge is 0.308 e. The van der Waals surface area contributed by atoms with E-state index in [4.69, 9.17) is 5.11 Å². The molecule has 2 N–H and O–H groups in total. The van der Waals surface area contributed by atoms with Gasteiger partial charge >= 0.3 is 5.97 Å². The third kappa shape index (κ3) is 1.86. The summed E-state index contributed by atoms with van der Waals surface area (Å²) >= 11 is 3.28. The second-order valence-corrected chi connectivity index (χ2v) is 4.97. The van der Waals surface area contributed by atoms with E-state index < -0.39 is 11.9 Å². The quantitative estimate of drug-likeness (QED) is 0.834. The Morgan fingerprint density at radius 2 is 2.32 bits per heavy atom. The van der Waals surface area contributed by atoms with Crippen molar-refractivity contribution in [1.29, 1.82) is 0 Å². The van der Waals surface area contributed by atoms with Crippen LogP contribution in [-0.2, 0) is 9.59 Å². The summed E-state index contributed by atoms with van der Waals surface area (Å²) in [5.74, 6) is -1.57. The van der Waals surface area contributed by atoms with Crippen LogP contribution in [0.4, 0.5) is 5.82 Å². The minimum Gasteiger partial charge on any atom is -0.481 e. The highest BCUT2D eigenvalue weighted by Gasteiger charge is 2.37. The van der Waals surface area contributed by atoms with Gasteiger partial charge in [-0.25, -0.2) is 9.97 Å². The Labute approximate surface area is 115 Å². The first kappa shape index (κ1) is 12.0. The monoisotopic (exact) mass is 325 g/mol. The first-order chi connectivity index (χ1) is 9.08. The Balaban J connectivity index is 2.08. The topological polar surface area (TPSA) is 112 Å². The van der Waals surface area contributed by atoms with Crippen molar-refractivity contribution in [2.24, 2.45) is 5.92 Å². The van der Waals surface area contributed by atoms with E-state index in [1.807, 2.05) is 0 Å².